The van der Waals surface area contributed by atoms with Crippen LogP contribution in [-0.2, 0) is 9.47 Å². The Morgan fingerprint density at radius 2 is 1.95 bits per heavy atom. The lowest BCUT2D eigenvalue weighted by Gasteiger charge is -2.18. The first-order valence-electron chi connectivity index (χ1n) is 6.90. The molecule has 0 radical (unpaired) electrons. The van der Waals surface area contributed by atoms with E-state index in [-0.39, 0.29) is 25.4 Å². The molecular weight excluding hydrogens is 294 g/mol. The molecule has 0 spiro atoms. The third-order valence-corrected chi connectivity index (χ3v) is 3.10. The van der Waals surface area contributed by atoms with Gasteiger partial charge in [0.2, 0.25) is 0 Å². The van der Waals surface area contributed by atoms with Crippen molar-refractivity contribution < 1.29 is 19.3 Å². The number of rotatable bonds is 9. The molecule has 1 aromatic rings. The average Bonchev–Trinajstić information content (AvgIpc) is 2.44. The van der Waals surface area contributed by atoms with Crippen molar-refractivity contribution >= 4 is 11.6 Å². The second-order valence-electron chi connectivity index (χ2n) is 5.03. The van der Waals surface area contributed by atoms with Gasteiger partial charge in [-0.3, -0.25) is 0 Å². The molecule has 1 aromatic carbocycles. The molecule has 0 amide bonds. The molecule has 0 aliphatic carbocycles. The second kappa shape index (κ2) is 9.23. The third-order valence-electron chi connectivity index (χ3n) is 2.87. The molecule has 0 fully saturated rings. The molecule has 0 aliphatic rings. The van der Waals surface area contributed by atoms with Crippen molar-refractivity contribution in [3.63, 3.8) is 0 Å². The van der Waals surface area contributed by atoms with Crippen LogP contribution in [0.2, 0.25) is 5.02 Å². The lowest BCUT2D eigenvalue weighted by molar-refractivity contribution is -0.0423. The summed E-state index contributed by atoms with van der Waals surface area (Å²) in [5.74, 6) is 0.624. The van der Waals surface area contributed by atoms with Crippen LogP contribution in [0.3, 0.4) is 0 Å². The Labute approximate surface area is 130 Å². The first-order chi connectivity index (χ1) is 9.93. The molecule has 5 nitrogen and oxygen atoms in total. The van der Waals surface area contributed by atoms with Crippen molar-refractivity contribution in [2.24, 2.45) is 5.73 Å². The quantitative estimate of drug-likeness (QED) is 0.730. The van der Waals surface area contributed by atoms with E-state index >= 15 is 0 Å². The van der Waals surface area contributed by atoms with Crippen molar-refractivity contribution in [2.75, 3.05) is 26.9 Å². The van der Waals surface area contributed by atoms with Gasteiger partial charge in [0.1, 0.15) is 18.5 Å². The number of aliphatic hydroxyl groups is 1. The smallest absolute Gasteiger partial charge is 0.124 e. The fourth-order valence-electron chi connectivity index (χ4n) is 1.80. The number of methoxy groups -OCH3 is 1. The number of halogens is 1. The topological polar surface area (TPSA) is 73.9 Å². The maximum Gasteiger partial charge on any atom is 0.124 e. The molecule has 0 aromatic heterocycles. The summed E-state index contributed by atoms with van der Waals surface area (Å²) in [6.45, 7) is 4.53. The minimum Gasteiger partial charge on any atom is -0.490 e. The van der Waals surface area contributed by atoms with E-state index in [1.165, 1.54) is 0 Å². The van der Waals surface area contributed by atoms with Crippen LogP contribution in [0.25, 0.3) is 0 Å². The number of hydrogen-bond donors (Lipinski definition) is 2. The Bertz CT molecular complexity index is 428. The van der Waals surface area contributed by atoms with Crippen LogP contribution >= 0.6 is 11.6 Å². The second-order valence-corrected chi connectivity index (χ2v) is 5.47. The van der Waals surface area contributed by atoms with Gasteiger partial charge < -0.3 is 25.1 Å². The highest BCUT2D eigenvalue weighted by molar-refractivity contribution is 6.30. The van der Waals surface area contributed by atoms with Crippen molar-refractivity contribution in [1.29, 1.82) is 0 Å². The van der Waals surface area contributed by atoms with Gasteiger partial charge in [0.15, 0.2) is 0 Å². The number of hydrogen-bond acceptors (Lipinski definition) is 5. The average molecular weight is 318 g/mol. The predicted molar refractivity (Wildman–Crippen MR) is 82.8 cm³/mol. The van der Waals surface area contributed by atoms with Gasteiger partial charge in [0.25, 0.3) is 0 Å². The maximum atomic E-state index is 9.86. The van der Waals surface area contributed by atoms with Crippen LogP contribution < -0.4 is 10.5 Å². The summed E-state index contributed by atoms with van der Waals surface area (Å²) >= 11 is 5.95. The lowest BCUT2D eigenvalue weighted by Crippen LogP contribution is -2.27. The molecule has 0 saturated heterocycles. The molecule has 3 atom stereocenters. The van der Waals surface area contributed by atoms with Crippen LogP contribution in [0.5, 0.6) is 5.75 Å². The van der Waals surface area contributed by atoms with E-state index in [1.54, 1.807) is 25.3 Å². The molecule has 21 heavy (non-hydrogen) atoms. The normalized spacial score (nSPS) is 15.5. The fourth-order valence-corrected chi connectivity index (χ4v) is 1.98. The Hall–Kier alpha value is -0.850. The lowest BCUT2D eigenvalue weighted by atomic mass is 10.1. The first kappa shape index (κ1) is 18.2. The summed E-state index contributed by atoms with van der Waals surface area (Å²) in [5, 5.41) is 10.5. The first-order valence-corrected chi connectivity index (χ1v) is 7.28. The van der Waals surface area contributed by atoms with E-state index < -0.39 is 6.10 Å². The largest absolute Gasteiger partial charge is 0.490 e. The molecular formula is C15H24ClNO4. The number of aliphatic hydroxyl groups excluding tert-OH is 1. The summed E-state index contributed by atoms with van der Waals surface area (Å²) in [5.41, 5.74) is 6.69. The fraction of sp³-hybridized carbons (Fsp3) is 0.600. The highest BCUT2D eigenvalue weighted by Gasteiger charge is 2.13. The summed E-state index contributed by atoms with van der Waals surface area (Å²) in [7, 11) is 1.61. The summed E-state index contributed by atoms with van der Waals surface area (Å²) < 4.78 is 16.0. The van der Waals surface area contributed by atoms with E-state index in [4.69, 9.17) is 31.5 Å². The van der Waals surface area contributed by atoms with Crippen LogP contribution in [0.15, 0.2) is 18.2 Å². The SMILES string of the molecule is COCC(C)OCC(O)COc1ccc(Cl)cc1[C@@H](C)N. The van der Waals surface area contributed by atoms with E-state index in [2.05, 4.69) is 0 Å². The molecule has 0 heterocycles. The summed E-state index contributed by atoms with van der Waals surface area (Å²) in [4.78, 5) is 0. The Morgan fingerprint density at radius 3 is 2.57 bits per heavy atom. The zero-order valence-corrected chi connectivity index (χ0v) is 13.5. The zero-order chi connectivity index (χ0) is 15.8. The summed E-state index contributed by atoms with van der Waals surface area (Å²) in [6, 6.07) is 5.05. The van der Waals surface area contributed by atoms with Crippen molar-refractivity contribution in [3.8, 4) is 5.75 Å². The minimum absolute atomic E-state index is 0.0696. The molecule has 3 N–H and O–H groups in total. The van der Waals surface area contributed by atoms with Gasteiger partial charge in [-0.25, -0.2) is 0 Å². The van der Waals surface area contributed by atoms with Crippen LogP contribution in [-0.4, -0.2) is 44.2 Å². The Kier molecular flexibility index (Phi) is 8.00. The predicted octanol–water partition coefficient (Wildman–Crippen LogP) is 2.15. The van der Waals surface area contributed by atoms with Crippen molar-refractivity contribution in [3.05, 3.63) is 28.8 Å². The van der Waals surface area contributed by atoms with Gasteiger partial charge >= 0.3 is 0 Å². The zero-order valence-electron chi connectivity index (χ0n) is 12.7. The molecule has 120 valence electrons. The molecule has 0 saturated carbocycles. The van der Waals surface area contributed by atoms with E-state index in [0.29, 0.717) is 17.4 Å². The molecule has 0 aliphatic heterocycles. The number of benzene rings is 1. The standard InChI is InChI=1S/C15H24ClNO4/c1-10(7-19-3)20-8-13(18)9-21-15-5-4-12(16)6-14(15)11(2)17/h4-6,10-11,13,18H,7-9,17H2,1-3H3/t10?,11-,13?/m1/s1. The van der Waals surface area contributed by atoms with E-state index in [1.807, 2.05) is 13.8 Å². The van der Waals surface area contributed by atoms with Crippen molar-refractivity contribution in [1.82, 2.24) is 0 Å². The number of ether oxygens (including phenoxy) is 3. The van der Waals surface area contributed by atoms with Crippen LogP contribution in [0.1, 0.15) is 25.5 Å². The monoisotopic (exact) mass is 317 g/mol. The van der Waals surface area contributed by atoms with Gasteiger partial charge in [-0.2, -0.15) is 0 Å². The summed E-state index contributed by atoms with van der Waals surface area (Å²) in [6.07, 6.45) is -0.791. The van der Waals surface area contributed by atoms with Crippen LogP contribution in [0.4, 0.5) is 0 Å². The van der Waals surface area contributed by atoms with Crippen LogP contribution in [0, 0.1) is 0 Å². The highest BCUT2D eigenvalue weighted by atomic mass is 35.5. The van der Waals surface area contributed by atoms with Crippen molar-refractivity contribution in [2.45, 2.75) is 32.1 Å². The Morgan fingerprint density at radius 1 is 1.24 bits per heavy atom. The minimum atomic E-state index is -0.721. The molecule has 6 heteroatoms. The Balaban J connectivity index is 2.47. The van der Waals surface area contributed by atoms with Gasteiger partial charge in [0.05, 0.1) is 19.3 Å². The molecule has 2 unspecified atom stereocenters. The van der Waals surface area contributed by atoms with Gasteiger partial charge in [-0.1, -0.05) is 11.6 Å². The van der Waals surface area contributed by atoms with Gasteiger partial charge in [-0.05, 0) is 32.0 Å². The molecule has 1 rings (SSSR count). The van der Waals surface area contributed by atoms with Gasteiger partial charge in [0, 0.05) is 23.7 Å². The van der Waals surface area contributed by atoms with Gasteiger partial charge in [-0.15, -0.1) is 0 Å². The molecule has 0 bridgehead atoms. The maximum absolute atomic E-state index is 9.86. The number of nitrogens with two attached hydrogens (primary N) is 1. The van der Waals surface area contributed by atoms with E-state index in [0.717, 1.165) is 5.56 Å². The highest BCUT2D eigenvalue weighted by Crippen LogP contribution is 2.27. The van der Waals surface area contributed by atoms with E-state index in [9.17, 15) is 5.11 Å². The third kappa shape index (κ3) is 6.63.